The number of hydrogen-bond donors (Lipinski definition) is 4. The number of aryl methyl sites for hydroxylation is 1. The van der Waals surface area contributed by atoms with Crippen molar-refractivity contribution in [2.24, 2.45) is 11.8 Å². The lowest BCUT2D eigenvalue weighted by Crippen LogP contribution is -2.61. The Bertz CT molecular complexity index is 783. The molecule has 1 aromatic heterocycles. The minimum absolute atomic E-state index is 0.0116. The lowest BCUT2D eigenvalue weighted by atomic mass is 9.84. The van der Waals surface area contributed by atoms with Crippen LogP contribution in [0.3, 0.4) is 0 Å². The molecule has 0 aliphatic rings. The van der Waals surface area contributed by atoms with Gasteiger partial charge in [-0.05, 0) is 41.0 Å². The van der Waals surface area contributed by atoms with Gasteiger partial charge in [0.25, 0.3) is 0 Å². The predicted octanol–water partition coefficient (Wildman–Crippen LogP) is 0.587. The molecule has 1 heterocycles. The molecule has 4 N–H and O–H groups in total. The molecule has 32 heavy (non-hydrogen) atoms. The van der Waals surface area contributed by atoms with E-state index in [1.807, 2.05) is 31.5 Å². The van der Waals surface area contributed by atoms with E-state index < -0.39 is 40.6 Å². The number of imidazole rings is 1. The second-order valence-corrected chi connectivity index (χ2v) is 9.61. The summed E-state index contributed by atoms with van der Waals surface area (Å²) >= 11 is 0. The first-order valence-corrected chi connectivity index (χ1v) is 10.8. The van der Waals surface area contributed by atoms with Crippen molar-refractivity contribution in [2.45, 2.75) is 72.0 Å². The lowest BCUT2D eigenvalue weighted by molar-refractivity contribution is -0.141. The fourth-order valence-electron chi connectivity index (χ4n) is 3.20. The Morgan fingerprint density at radius 1 is 1.00 bits per heavy atom. The number of carbonyl (C=O) groups excluding carboxylic acids is 4. The molecule has 10 heteroatoms. The van der Waals surface area contributed by atoms with E-state index in [4.69, 9.17) is 0 Å². The van der Waals surface area contributed by atoms with E-state index in [0.29, 0.717) is 19.5 Å². The number of aromatic nitrogens is 2. The summed E-state index contributed by atoms with van der Waals surface area (Å²) in [7, 11) is 1.50. The normalized spacial score (nSPS) is 13.6. The third-order valence-electron chi connectivity index (χ3n) is 4.86. The zero-order valence-corrected chi connectivity index (χ0v) is 20.2. The minimum atomic E-state index is -1.18. The Morgan fingerprint density at radius 2 is 1.66 bits per heavy atom. The van der Waals surface area contributed by atoms with Gasteiger partial charge in [0.2, 0.25) is 23.6 Å². The van der Waals surface area contributed by atoms with Crippen LogP contribution in [0.25, 0.3) is 0 Å². The Hall–Kier alpha value is -2.91. The fraction of sp³-hybridized carbons (Fsp3) is 0.682. The van der Waals surface area contributed by atoms with Crippen LogP contribution >= 0.6 is 0 Å². The van der Waals surface area contributed by atoms with Gasteiger partial charge in [0, 0.05) is 50.4 Å². The molecule has 0 saturated carbocycles. The smallest absolute Gasteiger partial charge is 0.235 e. The summed E-state index contributed by atoms with van der Waals surface area (Å²) in [5, 5.41) is 10.9. The van der Waals surface area contributed by atoms with Crippen molar-refractivity contribution >= 4 is 23.6 Å². The van der Waals surface area contributed by atoms with Crippen LogP contribution in [-0.4, -0.2) is 57.9 Å². The van der Waals surface area contributed by atoms with Gasteiger partial charge in [-0.3, -0.25) is 19.2 Å². The number of rotatable bonds is 11. The lowest BCUT2D eigenvalue weighted by Gasteiger charge is -2.36. The van der Waals surface area contributed by atoms with E-state index in [1.54, 1.807) is 33.3 Å². The van der Waals surface area contributed by atoms with Crippen molar-refractivity contribution in [2.75, 3.05) is 13.6 Å². The van der Waals surface area contributed by atoms with Crippen molar-refractivity contribution in [1.82, 2.24) is 30.8 Å². The van der Waals surface area contributed by atoms with Crippen LogP contribution in [0.5, 0.6) is 0 Å². The molecule has 2 unspecified atom stereocenters. The summed E-state index contributed by atoms with van der Waals surface area (Å²) in [6.07, 6.45) is 5.88. The van der Waals surface area contributed by atoms with Gasteiger partial charge < -0.3 is 25.8 Å². The van der Waals surface area contributed by atoms with Crippen molar-refractivity contribution in [3.8, 4) is 0 Å². The van der Waals surface area contributed by atoms with E-state index >= 15 is 0 Å². The largest absolute Gasteiger partial charge is 0.359 e. The summed E-state index contributed by atoms with van der Waals surface area (Å²) in [4.78, 5) is 54.3. The maximum Gasteiger partial charge on any atom is 0.235 e. The Kier molecular flexibility index (Phi) is 9.86. The van der Waals surface area contributed by atoms with Gasteiger partial charge in [0.15, 0.2) is 0 Å². The van der Waals surface area contributed by atoms with E-state index in [2.05, 4.69) is 26.3 Å². The van der Waals surface area contributed by atoms with Crippen LogP contribution in [0.4, 0.5) is 0 Å². The molecule has 180 valence electrons. The molecular weight excluding hydrogens is 412 g/mol. The zero-order chi connectivity index (χ0) is 24.5. The molecule has 0 aromatic carbocycles. The van der Waals surface area contributed by atoms with Crippen LogP contribution in [0.1, 0.15) is 54.4 Å². The van der Waals surface area contributed by atoms with Crippen molar-refractivity contribution in [3.05, 3.63) is 18.7 Å². The number of nitrogens with one attached hydrogen (secondary N) is 4. The molecule has 4 amide bonds. The monoisotopic (exact) mass is 450 g/mol. The molecule has 1 aromatic rings. The van der Waals surface area contributed by atoms with Crippen LogP contribution < -0.4 is 21.3 Å². The second kappa shape index (κ2) is 11.6. The third kappa shape index (κ3) is 9.07. The minimum Gasteiger partial charge on any atom is -0.359 e. The van der Waals surface area contributed by atoms with Crippen LogP contribution in [0.15, 0.2) is 18.7 Å². The van der Waals surface area contributed by atoms with Gasteiger partial charge in [-0.1, -0.05) is 6.92 Å². The summed E-state index contributed by atoms with van der Waals surface area (Å²) in [6.45, 7) is 11.4. The molecule has 0 spiro atoms. The predicted molar refractivity (Wildman–Crippen MR) is 121 cm³/mol. The highest BCUT2D eigenvalue weighted by molar-refractivity contribution is 6.02. The molecule has 1 rings (SSSR count). The van der Waals surface area contributed by atoms with E-state index in [0.717, 1.165) is 0 Å². The first-order chi connectivity index (χ1) is 14.8. The molecule has 0 radical (unpaired) electrons. The summed E-state index contributed by atoms with van der Waals surface area (Å²) in [5.41, 5.74) is -1.73. The first kappa shape index (κ1) is 27.1. The van der Waals surface area contributed by atoms with Crippen molar-refractivity contribution in [3.63, 3.8) is 0 Å². The number of amides is 4. The van der Waals surface area contributed by atoms with E-state index in [-0.39, 0.29) is 12.3 Å². The Labute approximate surface area is 190 Å². The van der Waals surface area contributed by atoms with Gasteiger partial charge in [0.05, 0.1) is 11.9 Å². The molecule has 0 saturated heterocycles. The van der Waals surface area contributed by atoms with Crippen LogP contribution in [0.2, 0.25) is 0 Å². The highest BCUT2D eigenvalue weighted by Crippen LogP contribution is 2.20. The topological polar surface area (TPSA) is 134 Å². The number of carbonyl (C=O) groups is 4. The quantitative estimate of drug-likeness (QED) is 0.289. The summed E-state index contributed by atoms with van der Waals surface area (Å²) in [6, 6.07) is 0. The molecule has 0 bridgehead atoms. The molecule has 0 aliphatic carbocycles. The molecule has 0 fully saturated rings. The maximum atomic E-state index is 13.0. The molecule has 2 atom stereocenters. The highest BCUT2D eigenvalue weighted by Gasteiger charge is 2.43. The number of nitrogens with zero attached hydrogens (tertiary/aromatic N) is 2. The summed E-state index contributed by atoms with van der Waals surface area (Å²) in [5.74, 6) is -3.39. The maximum absolute atomic E-state index is 13.0. The Balaban J connectivity index is 2.89. The first-order valence-electron chi connectivity index (χ1n) is 10.8. The van der Waals surface area contributed by atoms with Crippen molar-refractivity contribution < 1.29 is 19.2 Å². The second-order valence-electron chi connectivity index (χ2n) is 9.61. The standard InChI is InChI=1S/C22H38N6O4/c1-15(13-16(29)23-7)18(30)27-22(5,6)17(20(32)26-21(2,3)4)19(31)25-9-8-11-28-12-10-24-14-28/h10,12,14-15,17H,8-9,11,13H2,1-7H3,(H,23,29)(H,25,31)(H,26,32)(H,27,30). The fourth-order valence-corrected chi connectivity index (χ4v) is 3.20. The number of hydrogen-bond acceptors (Lipinski definition) is 5. The molecule has 0 aliphatic heterocycles. The van der Waals surface area contributed by atoms with Crippen LogP contribution in [-0.2, 0) is 25.7 Å². The average Bonchev–Trinajstić information content (AvgIpc) is 3.16. The average molecular weight is 451 g/mol. The van der Waals surface area contributed by atoms with Crippen molar-refractivity contribution in [1.29, 1.82) is 0 Å². The van der Waals surface area contributed by atoms with Gasteiger partial charge in [-0.15, -0.1) is 0 Å². The van der Waals surface area contributed by atoms with Gasteiger partial charge >= 0.3 is 0 Å². The Morgan fingerprint density at radius 3 is 2.19 bits per heavy atom. The van der Waals surface area contributed by atoms with Gasteiger partial charge in [-0.25, -0.2) is 4.98 Å². The molecule has 10 nitrogen and oxygen atoms in total. The van der Waals surface area contributed by atoms with E-state index in [1.165, 1.54) is 7.05 Å². The molecular formula is C22H38N6O4. The third-order valence-corrected chi connectivity index (χ3v) is 4.86. The summed E-state index contributed by atoms with van der Waals surface area (Å²) < 4.78 is 1.90. The SMILES string of the molecule is CNC(=O)CC(C)C(=O)NC(C)(C)C(C(=O)NCCCn1ccnc1)C(=O)NC(C)(C)C. The van der Waals surface area contributed by atoms with Crippen LogP contribution in [0, 0.1) is 11.8 Å². The highest BCUT2D eigenvalue weighted by atomic mass is 16.2. The van der Waals surface area contributed by atoms with Gasteiger partial charge in [-0.2, -0.15) is 0 Å². The zero-order valence-electron chi connectivity index (χ0n) is 20.2. The van der Waals surface area contributed by atoms with Gasteiger partial charge in [0.1, 0.15) is 5.92 Å². The van der Waals surface area contributed by atoms with E-state index in [9.17, 15) is 19.2 Å².